The molecular formula is C28H27N5O2S. The van der Waals surface area contributed by atoms with Gasteiger partial charge in [0.05, 0.1) is 22.1 Å². The molecule has 0 unspecified atom stereocenters. The first-order valence-electron chi connectivity index (χ1n) is 11.6. The molecule has 36 heavy (non-hydrogen) atoms. The van der Waals surface area contributed by atoms with Crippen molar-refractivity contribution in [1.29, 1.82) is 0 Å². The molecule has 182 valence electrons. The van der Waals surface area contributed by atoms with Crippen LogP contribution >= 0.6 is 0 Å². The molecule has 3 aromatic carbocycles. The molecule has 0 fully saturated rings. The molecule has 0 atom stereocenters. The third kappa shape index (κ3) is 4.13. The average molecular weight is 498 g/mol. The molecule has 5 aromatic rings. The lowest BCUT2D eigenvalue weighted by Crippen LogP contribution is -2.10. The molecule has 0 radical (unpaired) electrons. The van der Waals surface area contributed by atoms with Gasteiger partial charge in [0.2, 0.25) is 9.84 Å². The molecule has 8 heteroatoms. The maximum Gasteiger partial charge on any atom is 0.212 e. The number of benzene rings is 3. The molecular weight excluding hydrogens is 470 g/mol. The zero-order valence-electron chi connectivity index (χ0n) is 20.6. The first-order valence-corrected chi connectivity index (χ1v) is 13.1. The van der Waals surface area contributed by atoms with E-state index >= 15 is 0 Å². The van der Waals surface area contributed by atoms with E-state index in [4.69, 9.17) is 5.73 Å². The Morgan fingerprint density at radius 2 is 1.58 bits per heavy atom. The molecule has 7 nitrogen and oxygen atoms in total. The molecule has 5 rings (SSSR count). The van der Waals surface area contributed by atoms with Gasteiger partial charge in [0, 0.05) is 0 Å². The molecule has 0 spiro atoms. The number of nitrogen functional groups attached to an aromatic ring is 1. The lowest BCUT2D eigenvalue weighted by atomic mass is 9.87. The lowest BCUT2D eigenvalue weighted by Gasteiger charge is -2.18. The predicted octanol–water partition coefficient (Wildman–Crippen LogP) is 5.49. The predicted molar refractivity (Wildman–Crippen MR) is 144 cm³/mol. The number of para-hydroxylation sites is 2. The van der Waals surface area contributed by atoms with Gasteiger partial charge in [-0.05, 0) is 53.3 Å². The highest BCUT2D eigenvalue weighted by Gasteiger charge is 2.30. The van der Waals surface area contributed by atoms with Crippen LogP contribution < -0.4 is 5.73 Å². The zero-order valence-corrected chi connectivity index (χ0v) is 21.4. The summed E-state index contributed by atoms with van der Waals surface area (Å²) >= 11 is 0. The van der Waals surface area contributed by atoms with Crippen LogP contribution in [0.25, 0.3) is 22.2 Å². The minimum absolute atomic E-state index is 0.0342. The molecule has 0 bridgehead atoms. The van der Waals surface area contributed by atoms with Crippen molar-refractivity contribution >= 4 is 44.1 Å². The number of nitrogens with two attached hydrogens (primary N) is 1. The van der Waals surface area contributed by atoms with Gasteiger partial charge in [-0.2, -0.15) is 9.78 Å². The molecule has 0 aliphatic carbocycles. The standard InChI is InChI=1S/C28H27N5O2S/c1-18-8-7-9-21(16-18)36(34,35)25-24-27(32-23-11-6-5-10-22(23)31-24)33(26(25)29)30-17-19-12-14-20(15-13-19)28(2,3)4/h5-17H,29H2,1-4H3/b30-17+. The molecule has 2 N–H and O–H groups in total. The van der Waals surface area contributed by atoms with E-state index in [1.165, 1.54) is 10.2 Å². The fourth-order valence-electron chi connectivity index (χ4n) is 4.10. The second kappa shape index (κ2) is 8.57. The van der Waals surface area contributed by atoms with Gasteiger partial charge in [0.25, 0.3) is 0 Å². The van der Waals surface area contributed by atoms with Crippen molar-refractivity contribution in [3.8, 4) is 0 Å². The highest BCUT2D eigenvalue weighted by molar-refractivity contribution is 7.92. The van der Waals surface area contributed by atoms with Crippen molar-refractivity contribution in [2.24, 2.45) is 5.10 Å². The fraction of sp³-hybridized carbons (Fsp3) is 0.179. The van der Waals surface area contributed by atoms with Crippen molar-refractivity contribution in [3.05, 3.63) is 89.5 Å². The van der Waals surface area contributed by atoms with Crippen molar-refractivity contribution in [3.63, 3.8) is 0 Å². The zero-order chi connectivity index (χ0) is 25.7. The molecule has 0 amide bonds. The first kappa shape index (κ1) is 23.7. The SMILES string of the molecule is Cc1cccc(S(=O)(=O)c2c(N)n(/N=C/c3ccc(C(C)(C)C)cc3)c3nc4ccccc4nc23)c1. The summed E-state index contributed by atoms with van der Waals surface area (Å²) in [7, 11) is -3.99. The van der Waals surface area contributed by atoms with Gasteiger partial charge in [-0.25, -0.2) is 18.4 Å². The Morgan fingerprint density at radius 3 is 2.22 bits per heavy atom. The smallest absolute Gasteiger partial charge is 0.212 e. The van der Waals surface area contributed by atoms with Crippen LogP contribution in [-0.4, -0.2) is 29.3 Å². The summed E-state index contributed by atoms with van der Waals surface area (Å²) < 4.78 is 28.9. The third-order valence-electron chi connectivity index (χ3n) is 6.10. The minimum atomic E-state index is -3.99. The van der Waals surface area contributed by atoms with E-state index in [1.807, 2.05) is 43.3 Å². The van der Waals surface area contributed by atoms with E-state index in [9.17, 15) is 8.42 Å². The van der Waals surface area contributed by atoms with Crippen LogP contribution in [-0.2, 0) is 15.3 Å². The number of aryl methyl sites for hydroxylation is 1. The van der Waals surface area contributed by atoms with E-state index in [0.717, 1.165) is 11.1 Å². The number of hydrogen-bond acceptors (Lipinski definition) is 6. The highest BCUT2D eigenvalue weighted by atomic mass is 32.2. The summed E-state index contributed by atoms with van der Waals surface area (Å²) in [4.78, 5) is 9.38. The summed E-state index contributed by atoms with van der Waals surface area (Å²) in [5.41, 5.74) is 11.0. The van der Waals surface area contributed by atoms with Gasteiger partial charge in [0.1, 0.15) is 16.2 Å². The van der Waals surface area contributed by atoms with Gasteiger partial charge < -0.3 is 5.73 Å². The van der Waals surface area contributed by atoms with Gasteiger partial charge >= 0.3 is 0 Å². The summed E-state index contributed by atoms with van der Waals surface area (Å²) in [6.45, 7) is 8.31. The Hall–Kier alpha value is -4.04. The normalized spacial score (nSPS) is 12.7. The number of nitrogens with zero attached hydrogens (tertiary/aromatic N) is 4. The van der Waals surface area contributed by atoms with E-state index in [1.54, 1.807) is 30.5 Å². The van der Waals surface area contributed by atoms with Crippen LogP contribution in [0.1, 0.15) is 37.5 Å². The minimum Gasteiger partial charge on any atom is -0.382 e. The summed E-state index contributed by atoms with van der Waals surface area (Å²) in [5.74, 6) is -0.0376. The van der Waals surface area contributed by atoms with Crippen LogP contribution in [0.3, 0.4) is 0 Å². The molecule has 2 heterocycles. The third-order valence-corrected chi connectivity index (χ3v) is 7.91. The monoisotopic (exact) mass is 497 g/mol. The van der Waals surface area contributed by atoms with Crippen molar-refractivity contribution < 1.29 is 8.42 Å². The molecule has 0 saturated heterocycles. The second-order valence-corrected chi connectivity index (χ2v) is 11.7. The van der Waals surface area contributed by atoms with Crippen LogP contribution in [0.5, 0.6) is 0 Å². The van der Waals surface area contributed by atoms with E-state index in [0.29, 0.717) is 11.0 Å². The van der Waals surface area contributed by atoms with Crippen molar-refractivity contribution in [2.75, 3.05) is 5.73 Å². The second-order valence-electron chi connectivity index (χ2n) is 9.85. The highest BCUT2D eigenvalue weighted by Crippen LogP contribution is 2.35. The maximum atomic E-state index is 13.8. The lowest BCUT2D eigenvalue weighted by molar-refractivity contribution is 0.590. The topological polar surface area (TPSA) is 103 Å². The van der Waals surface area contributed by atoms with Crippen LogP contribution in [0, 0.1) is 6.92 Å². The van der Waals surface area contributed by atoms with Gasteiger partial charge in [-0.1, -0.05) is 69.3 Å². The average Bonchev–Trinajstić information content (AvgIpc) is 3.11. The molecule has 2 aromatic heterocycles. The van der Waals surface area contributed by atoms with E-state index < -0.39 is 9.84 Å². The number of fused-ring (bicyclic) bond motifs is 2. The largest absolute Gasteiger partial charge is 0.382 e. The Balaban J connectivity index is 1.72. The van der Waals surface area contributed by atoms with Crippen LogP contribution in [0.2, 0.25) is 0 Å². The van der Waals surface area contributed by atoms with E-state index in [-0.39, 0.29) is 32.2 Å². The fourth-order valence-corrected chi connectivity index (χ4v) is 5.69. The van der Waals surface area contributed by atoms with E-state index in [2.05, 4.69) is 48.0 Å². The molecule has 0 aliphatic heterocycles. The van der Waals surface area contributed by atoms with Gasteiger partial charge in [-0.3, -0.25) is 0 Å². The Morgan fingerprint density at radius 1 is 0.917 bits per heavy atom. The van der Waals surface area contributed by atoms with Gasteiger partial charge in [-0.15, -0.1) is 0 Å². The summed E-state index contributed by atoms with van der Waals surface area (Å²) in [6, 6.07) is 22.1. The van der Waals surface area contributed by atoms with Crippen LogP contribution in [0.4, 0.5) is 5.82 Å². The van der Waals surface area contributed by atoms with Crippen molar-refractivity contribution in [2.45, 2.75) is 42.9 Å². The number of rotatable bonds is 4. The Labute approximate surface area is 210 Å². The number of aromatic nitrogens is 3. The Bertz CT molecular complexity index is 1750. The molecule has 0 saturated carbocycles. The summed E-state index contributed by atoms with van der Waals surface area (Å²) in [6.07, 6.45) is 1.64. The number of hydrogen-bond donors (Lipinski definition) is 1. The molecule has 0 aliphatic rings. The maximum absolute atomic E-state index is 13.8. The first-order chi connectivity index (χ1) is 17.1. The number of anilines is 1. The van der Waals surface area contributed by atoms with Crippen LogP contribution in [0.15, 0.2) is 87.7 Å². The van der Waals surface area contributed by atoms with Crippen molar-refractivity contribution in [1.82, 2.24) is 14.6 Å². The summed E-state index contributed by atoms with van der Waals surface area (Å²) in [5, 5.41) is 4.55. The Kier molecular flexibility index (Phi) is 5.64. The van der Waals surface area contributed by atoms with Gasteiger partial charge in [0.15, 0.2) is 5.65 Å². The number of sulfone groups is 1. The quantitative estimate of drug-likeness (QED) is 0.331.